The van der Waals surface area contributed by atoms with E-state index in [1.165, 1.54) is 0 Å². The number of carboxylic acid groups (broad SMARTS) is 1. The molecule has 0 atom stereocenters. The summed E-state index contributed by atoms with van der Waals surface area (Å²) in [7, 11) is 1.55. The van der Waals surface area contributed by atoms with E-state index in [0.717, 1.165) is 11.3 Å². The van der Waals surface area contributed by atoms with Gasteiger partial charge in [-0.3, -0.25) is 0 Å². The summed E-state index contributed by atoms with van der Waals surface area (Å²) in [5, 5.41) is 12.2. The summed E-state index contributed by atoms with van der Waals surface area (Å²) in [5.41, 5.74) is 1.90. The van der Waals surface area contributed by atoms with Gasteiger partial charge in [-0.05, 0) is 25.0 Å². The van der Waals surface area contributed by atoms with E-state index in [0.29, 0.717) is 30.4 Å². The Morgan fingerprint density at radius 3 is 2.81 bits per heavy atom. The van der Waals surface area contributed by atoms with Crippen LogP contribution in [-0.2, 0) is 6.42 Å². The van der Waals surface area contributed by atoms with Crippen molar-refractivity contribution in [2.45, 2.75) is 13.3 Å². The van der Waals surface area contributed by atoms with E-state index in [4.69, 9.17) is 9.84 Å². The zero-order valence-corrected chi connectivity index (χ0v) is 12.0. The number of carbonyl (C=O) groups is 1. The van der Waals surface area contributed by atoms with Crippen molar-refractivity contribution in [1.29, 1.82) is 0 Å². The first-order valence-electron chi connectivity index (χ1n) is 6.55. The summed E-state index contributed by atoms with van der Waals surface area (Å²) in [6.07, 6.45) is 0.572. The number of aromatic carboxylic acids is 1. The van der Waals surface area contributed by atoms with Crippen LogP contribution < -0.4 is 10.1 Å². The molecule has 2 N–H and O–H groups in total. The number of aromatic nitrogens is 2. The molecule has 1 heterocycles. The molecule has 0 spiro atoms. The zero-order chi connectivity index (χ0) is 15.2. The SMILES string of the molecule is COc1cc(C)nc(NCCc2ccccc2C(=O)O)n1. The molecular formula is C15H17N3O3. The van der Waals surface area contributed by atoms with Crippen LogP contribution in [0.5, 0.6) is 5.88 Å². The van der Waals surface area contributed by atoms with Crippen molar-refractivity contribution in [3.63, 3.8) is 0 Å². The first-order valence-corrected chi connectivity index (χ1v) is 6.55. The standard InChI is InChI=1S/C15H17N3O3/c1-10-9-13(21-2)18-15(17-10)16-8-7-11-5-3-4-6-12(11)14(19)20/h3-6,9H,7-8H2,1-2H3,(H,19,20)(H,16,17,18). The lowest BCUT2D eigenvalue weighted by Gasteiger charge is -2.09. The predicted octanol–water partition coefficient (Wildman–Crippen LogP) is 2.15. The molecule has 0 saturated carbocycles. The number of aryl methyl sites for hydroxylation is 1. The Morgan fingerprint density at radius 2 is 2.10 bits per heavy atom. The minimum Gasteiger partial charge on any atom is -0.481 e. The predicted molar refractivity (Wildman–Crippen MR) is 78.9 cm³/mol. The molecule has 21 heavy (non-hydrogen) atoms. The maximum Gasteiger partial charge on any atom is 0.335 e. The maximum absolute atomic E-state index is 11.1. The summed E-state index contributed by atoms with van der Waals surface area (Å²) < 4.78 is 5.08. The number of ether oxygens (including phenoxy) is 1. The maximum atomic E-state index is 11.1. The van der Waals surface area contributed by atoms with Crippen LogP contribution in [0.1, 0.15) is 21.6 Å². The zero-order valence-electron chi connectivity index (χ0n) is 12.0. The molecule has 0 amide bonds. The molecule has 0 aliphatic carbocycles. The second-order valence-corrected chi connectivity index (χ2v) is 4.51. The number of carboxylic acids is 1. The first kappa shape index (κ1) is 14.8. The number of nitrogens with zero attached hydrogens (tertiary/aromatic N) is 2. The average molecular weight is 287 g/mol. The lowest BCUT2D eigenvalue weighted by atomic mass is 10.0. The Bertz CT molecular complexity index is 644. The largest absolute Gasteiger partial charge is 0.481 e. The van der Waals surface area contributed by atoms with Gasteiger partial charge < -0.3 is 15.2 Å². The number of rotatable bonds is 6. The van der Waals surface area contributed by atoms with Crippen molar-refractivity contribution in [2.24, 2.45) is 0 Å². The lowest BCUT2D eigenvalue weighted by Crippen LogP contribution is -2.11. The van der Waals surface area contributed by atoms with Gasteiger partial charge in [-0.15, -0.1) is 0 Å². The summed E-state index contributed by atoms with van der Waals surface area (Å²) in [4.78, 5) is 19.6. The van der Waals surface area contributed by atoms with Crippen LogP contribution in [-0.4, -0.2) is 34.7 Å². The van der Waals surface area contributed by atoms with Crippen molar-refractivity contribution in [1.82, 2.24) is 9.97 Å². The number of anilines is 1. The number of nitrogens with one attached hydrogen (secondary N) is 1. The normalized spacial score (nSPS) is 10.2. The molecule has 6 nitrogen and oxygen atoms in total. The Kier molecular flexibility index (Phi) is 4.71. The van der Waals surface area contributed by atoms with Gasteiger partial charge in [0.05, 0.1) is 12.7 Å². The molecule has 1 aromatic carbocycles. The lowest BCUT2D eigenvalue weighted by molar-refractivity contribution is 0.0695. The van der Waals surface area contributed by atoms with Crippen molar-refractivity contribution >= 4 is 11.9 Å². The van der Waals surface area contributed by atoms with Crippen LogP contribution >= 0.6 is 0 Å². The Labute approximate surface area is 122 Å². The van der Waals surface area contributed by atoms with Crippen LogP contribution in [0.3, 0.4) is 0 Å². The van der Waals surface area contributed by atoms with Gasteiger partial charge >= 0.3 is 5.97 Å². The number of hydrogen-bond acceptors (Lipinski definition) is 5. The summed E-state index contributed by atoms with van der Waals surface area (Å²) in [6.45, 7) is 2.39. The van der Waals surface area contributed by atoms with Crippen molar-refractivity contribution in [2.75, 3.05) is 19.0 Å². The highest BCUT2D eigenvalue weighted by Crippen LogP contribution is 2.12. The molecule has 0 fully saturated rings. The van der Waals surface area contributed by atoms with E-state index in [2.05, 4.69) is 15.3 Å². The van der Waals surface area contributed by atoms with Gasteiger partial charge in [-0.25, -0.2) is 9.78 Å². The van der Waals surface area contributed by atoms with Gasteiger partial charge in [0.25, 0.3) is 0 Å². The second-order valence-electron chi connectivity index (χ2n) is 4.51. The van der Waals surface area contributed by atoms with Gasteiger partial charge in [-0.2, -0.15) is 4.98 Å². The molecule has 0 aliphatic heterocycles. The fourth-order valence-corrected chi connectivity index (χ4v) is 1.98. The number of benzene rings is 1. The first-order chi connectivity index (χ1) is 10.1. The molecule has 110 valence electrons. The summed E-state index contributed by atoms with van der Waals surface area (Å²) in [5.74, 6) is 0.0506. The van der Waals surface area contributed by atoms with E-state index in [-0.39, 0.29) is 0 Å². The van der Waals surface area contributed by atoms with Crippen LogP contribution in [0.2, 0.25) is 0 Å². The molecule has 2 rings (SSSR count). The van der Waals surface area contributed by atoms with E-state index in [1.54, 1.807) is 25.3 Å². The average Bonchev–Trinajstić information content (AvgIpc) is 2.47. The van der Waals surface area contributed by atoms with E-state index in [9.17, 15) is 4.79 Å². The number of methoxy groups -OCH3 is 1. The van der Waals surface area contributed by atoms with Gasteiger partial charge in [-0.1, -0.05) is 18.2 Å². The van der Waals surface area contributed by atoms with Crippen LogP contribution in [0.4, 0.5) is 5.95 Å². The third-order valence-electron chi connectivity index (χ3n) is 2.97. The third kappa shape index (κ3) is 3.92. The molecule has 6 heteroatoms. The molecule has 0 bridgehead atoms. The fourth-order valence-electron chi connectivity index (χ4n) is 1.98. The Hall–Kier alpha value is -2.63. The minimum absolute atomic E-state index is 0.321. The Morgan fingerprint density at radius 1 is 1.33 bits per heavy atom. The Balaban J connectivity index is 2.02. The van der Waals surface area contributed by atoms with E-state index < -0.39 is 5.97 Å². The topological polar surface area (TPSA) is 84.3 Å². The molecular weight excluding hydrogens is 270 g/mol. The van der Waals surface area contributed by atoms with Crippen LogP contribution in [0.15, 0.2) is 30.3 Å². The third-order valence-corrected chi connectivity index (χ3v) is 2.97. The highest BCUT2D eigenvalue weighted by atomic mass is 16.5. The molecule has 0 unspecified atom stereocenters. The smallest absolute Gasteiger partial charge is 0.335 e. The quantitative estimate of drug-likeness (QED) is 0.847. The van der Waals surface area contributed by atoms with Crippen molar-refractivity contribution in [3.8, 4) is 5.88 Å². The molecule has 0 aliphatic rings. The highest BCUT2D eigenvalue weighted by molar-refractivity contribution is 5.89. The number of hydrogen-bond donors (Lipinski definition) is 2. The molecule has 0 saturated heterocycles. The summed E-state index contributed by atoms with van der Waals surface area (Å²) >= 11 is 0. The molecule has 0 radical (unpaired) electrons. The van der Waals surface area contributed by atoms with Gasteiger partial charge in [0.2, 0.25) is 11.8 Å². The highest BCUT2D eigenvalue weighted by Gasteiger charge is 2.09. The summed E-state index contributed by atoms with van der Waals surface area (Å²) in [6, 6.07) is 8.69. The van der Waals surface area contributed by atoms with E-state index >= 15 is 0 Å². The van der Waals surface area contributed by atoms with Gasteiger partial charge in [0.15, 0.2) is 0 Å². The fraction of sp³-hybridized carbons (Fsp3) is 0.267. The minimum atomic E-state index is -0.918. The molecule has 1 aromatic heterocycles. The van der Waals surface area contributed by atoms with Gasteiger partial charge in [0, 0.05) is 18.3 Å². The van der Waals surface area contributed by atoms with Crippen LogP contribution in [0, 0.1) is 6.92 Å². The van der Waals surface area contributed by atoms with Crippen molar-refractivity contribution in [3.05, 3.63) is 47.2 Å². The molecule has 2 aromatic rings. The van der Waals surface area contributed by atoms with Crippen LogP contribution in [0.25, 0.3) is 0 Å². The monoisotopic (exact) mass is 287 g/mol. The van der Waals surface area contributed by atoms with Crippen molar-refractivity contribution < 1.29 is 14.6 Å². The van der Waals surface area contributed by atoms with Gasteiger partial charge in [0.1, 0.15) is 0 Å². The van der Waals surface area contributed by atoms with E-state index in [1.807, 2.05) is 19.1 Å². The second kappa shape index (κ2) is 6.69.